The molecule has 0 bridgehead atoms. The van der Waals surface area contributed by atoms with Crippen molar-refractivity contribution in [3.8, 4) is 23.0 Å². The van der Waals surface area contributed by atoms with Gasteiger partial charge in [0.2, 0.25) is 11.8 Å². The molecule has 0 aliphatic carbocycles. The van der Waals surface area contributed by atoms with Crippen LogP contribution in [0, 0.1) is 17.6 Å². The van der Waals surface area contributed by atoms with Gasteiger partial charge >= 0.3 is 6.01 Å². The second-order valence-electron chi connectivity index (χ2n) is 21.0. The number of hydrogen-bond acceptors (Lipinski definition) is 14. The Balaban J connectivity index is 0.708. The van der Waals surface area contributed by atoms with Crippen LogP contribution in [0.4, 0.5) is 20.3 Å². The standard InChI is InChI=1S/C54H61F2N9O7/c1-3-37-42(55)8-5-32-25-35(66)27-40(45(32)37)47-46(56)48-41(28-57-47)49(64-18-4-17-54(2,71)30-64)60-53(59-48)72-36-15-23-62(24-16-36)33-13-19-61(20-14-33)29-31-11-21-63(22-12-31)34-6-7-38-39(26-34)52(70)65(51(38)69)43-9-10-44(67)58-50(43)68/h5-8,25-28,31,33,36,43,66,71H,3-4,9-24,29-30H2,1-2H3,(H,58,67,68)/t43?,54-/m1/s1. The second-order valence-corrected chi connectivity index (χ2v) is 21.0. The van der Waals surface area contributed by atoms with Gasteiger partial charge in [0, 0.05) is 75.7 Å². The molecule has 378 valence electrons. The number of fused-ring (bicyclic) bond motifs is 3. The molecule has 0 saturated carbocycles. The molecule has 72 heavy (non-hydrogen) atoms. The Labute approximate surface area is 416 Å². The van der Waals surface area contributed by atoms with E-state index in [2.05, 4.69) is 25.0 Å². The van der Waals surface area contributed by atoms with Gasteiger partial charge in [-0.1, -0.05) is 13.0 Å². The number of phenolic OH excluding ortho intramolecular Hbond substituents is 1. The molecular weight excluding hydrogens is 925 g/mol. The number of piperidine rings is 5. The number of aliphatic hydroxyl groups is 1. The molecule has 3 aromatic carbocycles. The Morgan fingerprint density at radius 3 is 2.33 bits per heavy atom. The number of imide groups is 2. The Hall–Kier alpha value is -6.37. The highest BCUT2D eigenvalue weighted by Gasteiger charge is 2.45. The molecule has 5 fully saturated rings. The average molecular weight is 986 g/mol. The maximum atomic E-state index is 17.1. The van der Waals surface area contributed by atoms with Crippen molar-refractivity contribution in [2.75, 3.05) is 68.7 Å². The van der Waals surface area contributed by atoms with Crippen LogP contribution >= 0.6 is 0 Å². The fraction of sp³-hybridized carbons (Fsp3) is 0.500. The molecule has 16 nitrogen and oxygen atoms in total. The Bertz CT molecular complexity index is 2980. The normalized spacial score (nSPS) is 23.4. The maximum Gasteiger partial charge on any atom is 0.319 e. The molecule has 4 amide bonds. The summed E-state index contributed by atoms with van der Waals surface area (Å²) < 4.78 is 38.8. The van der Waals surface area contributed by atoms with Crippen LogP contribution in [0.2, 0.25) is 0 Å². The molecule has 6 aliphatic heterocycles. The van der Waals surface area contributed by atoms with E-state index in [1.165, 1.54) is 24.4 Å². The minimum Gasteiger partial charge on any atom is -0.508 e. The van der Waals surface area contributed by atoms with E-state index in [1.807, 2.05) is 17.9 Å². The molecular formula is C54H61F2N9O7. The van der Waals surface area contributed by atoms with Crippen molar-refractivity contribution >= 4 is 56.8 Å². The quantitative estimate of drug-likeness (QED) is 0.131. The summed E-state index contributed by atoms with van der Waals surface area (Å²) in [5.41, 5.74) is 1.11. The third-order valence-electron chi connectivity index (χ3n) is 16.1. The number of carbonyl (C=O) groups is 4. The smallest absolute Gasteiger partial charge is 0.319 e. The van der Waals surface area contributed by atoms with Gasteiger partial charge in [-0.2, -0.15) is 9.97 Å². The number of carbonyl (C=O) groups excluding carboxylic acids is 4. The van der Waals surface area contributed by atoms with Crippen molar-refractivity contribution in [2.24, 2.45) is 5.92 Å². The van der Waals surface area contributed by atoms with Gasteiger partial charge in [-0.25, -0.2) is 8.78 Å². The van der Waals surface area contributed by atoms with E-state index in [9.17, 15) is 29.4 Å². The number of β-amino-alcohol motifs (C(OH)–C–C–N with tert-alkyl or cyclic N) is 1. The number of likely N-dealkylation sites (tertiary alicyclic amines) is 2. The first kappa shape index (κ1) is 47.9. The summed E-state index contributed by atoms with van der Waals surface area (Å²) >= 11 is 0. The molecule has 3 N–H and O–H groups in total. The first-order chi connectivity index (χ1) is 34.7. The fourth-order valence-corrected chi connectivity index (χ4v) is 12.3. The maximum absolute atomic E-state index is 17.1. The number of amides is 4. The van der Waals surface area contributed by atoms with Gasteiger partial charge in [0.25, 0.3) is 11.8 Å². The van der Waals surface area contributed by atoms with Crippen molar-refractivity contribution in [2.45, 2.75) is 108 Å². The number of hydrogen-bond donors (Lipinski definition) is 3. The average Bonchev–Trinajstić information content (AvgIpc) is 3.61. The molecule has 1 unspecified atom stereocenters. The molecule has 2 aromatic heterocycles. The largest absolute Gasteiger partial charge is 0.508 e. The topological polar surface area (TPSA) is 185 Å². The van der Waals surface area contributed by atoms with Crippen LogP contribution in [0.5, 0.6) is 11.8 Å². The van der Waals surface area contributed by atoms with Crippen molar-refractivity contribution in [3.63, 3.8) is 0 Å². The summed E-state index contributed by atoms with van der Waals surface area (Å²) in [6, 6.07) is 10.8. The molecule has 5 saturated heterocycles. The highest BCUT2D eigenvalue weighted by Crippen LogP contribution is 2.40. The minimum absolute atomic E-state index is 0.00279. The number of ether oxygens (including phenoxy) is 1. The van der Waals surface area contributed by atoms with Crippen LogP contribution in [-0.2, 0) is 16.0 Å². The SMILES string of the molecule is CCc1c(F)ccc2cc(O)cc(-c3ncc4c(N5CCC[C@@](C)(O)C5)nc(OC5CCN(C6CCN(CC7CCN(c8ccc9c(c8)C(=O)N(C8CCC(=O)NC8=O)C9=O)CC7)CC6)CC5)nc4c3F)c12. The molecule has 0 spiro atoms. The van der Waals surface area contributed by atoms with Crippen molar-refractivity contribution < 1.29 is 42.9 Å². The zero-order valence-corrected chi connectivity index (χ0v) is 40.8. The van der Waals surface area contributed by atoms with Gasteiger partial charge in [-0.3, -0.25) is 34.4 Å². The number of nitrogens with one attached hydrogen (secondary N) is 1. The monoisotopic (exact) mass is 985 g/mol. The highest BCUT2D eigenvalue weighted by molar-refractivity contribution is 6.23. The first-order valence-electron chi connectivity index (χ1n) is 25.7. The zero-order chi connectivity index (χ0) is 50.0. The summed E-state index contributed by atoms with van der Waals surface area (Å²) in [6.07, 6.45) is 8.93. The molecule has 8 heterocycles. The van der Waals surface area contributed by atoms with Crippen LogP contribution in [0.3, 0.4) is 0 Å². The molecule has 0 radical (unpaired) electrons. The Morgan fingerprint density at radius 1 is 0.833 bits per heavy atom. The summed E-state index contributed by atoms with van der Waals surface area (Å²) in [6.45, 7) is 11.0. The van der Waals surface area contributed by atoms with E-state index in [1.54, 1.807) is 25.1 Å². The van der Waals surface area contributed by atoms with E-state index in [4.69, 9.17) is 14.7 Å². The molecule has 18 heteroatoms. The Morgan fingerprint density at radius 2 is 1.60 bits per heavy atom. The van der Waals surface area contributed by atoms with Crippen molar-refractivity contribution in [3.05, 3.63) is 77.0 Å². The van der Waals surface area contributed by atoms with Crippen LogP contribution in [-0.4, -0.2) is 146 Å². The van der Waals surface area contributed by atoms with Gasteiger partial charge in [0.05, 0.1) is 22.1 Å². The number of aryl methyl sites for hydroxylation is 1. The van der Waals surface area contributed by atoms with Crippen molar-refractivity contribution in [1.29, 1.82) is 0 Å². The van der Waals surface area contributed by atoms with Crippen molar-refractivity contribution in [1.82, 2.24) is 35.0 Å². The third-order valence-corrected chi connectivity index (χ3v) is 16.1. The van der Waals surface area contributed by atoms with E-state index < -0.39 is 46.9 Å². The predicted molar refractivity (Wildman–Crippen MR) is 266 cm³/mol. The minimum atomic E-state index is -0.986. The van der Waals surface area contributed by atoms with Crippen LogP contribution in [0.1, 0.15) is 104 Å². The molecule has 5 aromatic rings. The number of aromatic hydroxyl groups is 1. The number of pyridine rings is 1. The van der Waals surface area contributed by atoms with Crippen LogP contribution < -0.4 is 19.9 Å². The molecule has 6 aliphatic rings. The summed E-state index contributed by atoms with van der Waals surface area (Å²) in [5, 5.41) is 25.5. The lowest BCUT2D eigenvalue weighted by Gasteiger charge is -2.43. The van der Waals surface area contributed by atoms with E-state index in [0.717, 1.165) is 94.9 Å². The van der Waals surface area contributed by atoms with Crippen LogP contribution in [0.25, 0.3) is 32.9 Å². The Kier molecular flexibility index (Phi) is 12.8. The van der Waals surface area contributed by atoms with Gasteiger partial charge in [0.15, 0.2) is 5.82 Å². The van der Waals surface area contributed by atoms with Gasteiger partial charge < -0.3 is 34.5 Å². The first-order valence-corrected chi connectivity index (χ1v) is 25.7. The van der Waals surface area contributed by atoms with Gasteiger partial charge in [0.1, 0.15) is 40.7 Å². The van der Waals surface area contributed by atoms with Gasteiger partial charge in [-0.05, 0) is 143 Å². The fourth-order valence-electron chi connectivity index (χ4n) is 12.3. The van der Waals surface area contributed by atoms with E-state index in [0.29, 0.717) is 76.4 Å². The number of benzene rings is 3. The van der Waals surface area contributed by atoms with E-state index in [-0.39, 0.29) is 54.0 Å². The third kappa shape index (κ3) is 9.10. The van der Waals surface area contributed by atoms with Gasteiger partial charge in [-0.15, -0.1) is 0 Å². The molecule has 2 atom stereocenters. The van der Waals surface area contributed by atoms with E-state index >= 15 is 8.78 Å². The highest BCUT2D eigenvalue weighted by atomic mass is 19.1. The lowest BCUT2D eigenvalue weighted by Crippen LogP contribution is -2.54. The number of phenols is 1. The summed E-state index contributed by atoms with van der Waals surface area (Å²) in [5.74, 6) is -2.26. The number of aromatic nitrogens is 3. The number of rotatable bonds is 10. The lowest BCUT2D eigenvalue weighted by molar-refractivity contribution is -0.136. The molecule has 11 rings (SSSR count). The second kappa shape index (κ2) is 19.2. The summed E-state index contributed by atoms with van der Waals surface area (Å²) in [4.78, 5) is 75.4. The number of anilines is 2. The predicted octanol–water partition coefficient (Wildman–Crippen LogP) is 6.37. The number of nitrogens with zero attached hydrogens (tertiary/aromatic N) is 8. The zero-order valence-electron chi connectivity index (χ0n) is 40.8. The lowest BCUT2D eigenvalue weighted by atomic mass is 9.93. The van der Waals surface area contributed by atoms with Crippen LogP contribution in [0.15, 0.2) is 48.7 Å². The number of halogens is 2. The summed E-state index contributed by atoms with van der Waals surface area (Å²) in [7, 11) is 0.